The van der Waals surface area contributed by atoms with Crippen LogP contribution < -0.4 is 10.1 Å². The van der Waals surface area contributed by atoms with E-state index < -0.39 is 18.5 Å². The summed E-state index contributed by atoms with van der Waals surface area (Å²) in [6.07, 6.45) is 0. The zero-order chi connectivity index (χ0) is 22.5. The lowest BCUT2D eigenvalue weighted by atomic mass is 9.98. The summed E-state index contributed by atoms with van der Waals surface area (Å²) in [6, 6.07) is 20.4. The molecule has 32 heavy (non-hydrogen) atoms. The zero-order valence-electron chi connectivity index (χ0n) is 17.0. The van der Waals surface area contributed by atoms with E-state index in [9.17, 15) is 14.4 Å². The number of thiazole rings is 1. The van der Waals surface area contributed by atoms with E-state index in [2.05, 4.69) is 10.3 Å². The van der Waals surface area contributed by atoms with Crippen molar-refractivity contribution in [2.75, 3.05) is 19.0 Å². The van der Waals surface area contributed by atoms with Crippen LogP contribution in [0.4, 0.5) is 5.13 Å². The Balaban J connectivity index is 1.42. The second-order valence-corrected chi connectivity index (χ2v) is 7.75. The van der Waals surface area contributed by atoms with Gasteiger partial charge in [-0.3, -0.25) is 14.9 Å². The van der Waals surface area contributed by atoms with Gasteiger partial charge in [0.1, 0.15) is 5.75 Å². The molecule has 0 saturated heterocycles. The lowest BCUT2D eigenvalue weighted by molar-refractivity contribution is -0.119. The fraction of sp³-hybridized carbons (Fsp3) is 0.0833. The molecule has 0 bridgehead atoms. The lowest BCUT2D eigenvalue weighted by Gasteiger charge is -2.09. The number of nitrogens with one attached hydrogen (secondary N) is 1. The van der Waals surface area contributed by atoms with Gasteiger partial charge in [-0.15, -0.1) is 0 Å². The Morgan fingerprint density at radius 3 is 2.41 bits per heavy atom. The average Bonchev–Trinajstić information content (AvgIpc) is 3.23. The normalized spacial score (nSPS) is 10.5. The van der Waals surface area contributed by atoms with Crippen LogP contribution in [0.3, 0.4) is 0 Å². The number of aromatic nitrogens is 1. The first-order valence-corrected chi connectivity index (χ1v) is 10.5. The van der Waals surface area contributed by atoms with Crippen LogP contribution in [0.15, 0.2) is 72.8 Å². The van der Waals surface area contributed by atoms with Crippen LogP contribution in [0.25, 0.3) is 10.2 Å². The van der Waals surface area contributed by atoms with E-state index in [-0.39, 0.29) is 16.9 Å². The van der Waals surface area contributed by atoms with E-state index in [4.69, 9.17) is 9.47 Å². The number of carbonyl (C=O) groups is 3. The molecule has 0 atom stereocenters. The van der Waals surface area contributed by atoms with Crippen LogP contribution in [-0.2, 0) is 9.53 Å². The molecule has 0 fully saturated rings. The second kappa shape index (κ2) is 9.40. The van der Waals surface area contributed by atoms with Crippen molar-refractivity contribution in [1.82, 2.24) is 4.98 Å². The molecule has 1 heterocycles. The number of rotatable bonds is 7. The number of esters is 1. The molecule has 0 spiro atoms. The van der Waals surface area contributed by atoms with Gasteiger partial charge in [-0.25, -0.2) is 9.78 Å². The number of benzene rings is 3. The van der Waals surface area contributed by atoms with Gasteiger partial charge in [0.25, 0.3) is 5.91 Å². The average molecular weight is 446 g/mol. The molecule has 0 radical (unpaired) electrons. The summed E-state index contributed by atoms with van der Waals surface area (Å²) in [6.45, 7) is -0.508. The molecule has 160 valence electrons. The summed E-state index contributed by atoms with van der Waals surface area (Å²) in [7, 11) is 1.57. The van der Waals surface area contributed by atoms with Crippen molar-refractivity contribution in [2.45, 2.75) is 0 Å². The molecule has 4 aromatic rings. The van der Waals surface area contributed by atoms with Gasteiger partial charge in [0.15, 0.2) is 17.5 Å². The summed E-state index contributed by atoms with van der Waals surface area (Å²) >= 11 is 1.28. The summed E-state index contributed by atoms with van der Waals surface area (Å²) in [4.78, 5) is 42.0. The quantitative estimate of drug-likeness (QED) is 0.335. The molecule has 1 N–H and O–H groups in total. The third-order valence-electron chi connectivity index (χ3n) is 4.60. The van der Waals surface area contributed by atoms with Crippen LogP contribution in [0, 0.1) is 0 Å². The highest BCUT2D eigenvalue weighted by Crippen LogP contribution is 2.29. The van der Waals surface area contributed by atoms with Gasteiger partial charge in [-0.1, -0.05) is 59.9 Å². The minimum atomic E-state index is -0.755. The molecule has 0 aliphatic carbocycles. The number of nitrogens with zero attached hydrogens (tertiary/aromatic N) is 1. The van der Waals surface area contributed by atoms with E-state index in [1.54, 1.807) is 67.8 Å². The predicted molar refractivity (Wildman–Crippen MR) is 121 cm³/mol. The van der Waals surface area contributed by atoms with Crippen molar-refractivity contribution in [3.8, 4) is 5.75 Å². The van der Waals surface area contributed by atoms with Crippen molar-refractivity contribution in [1.29, 1.82) is 0 Å². The largest absolute Gasteiger partial charge is 0.497 e. The van der Waals surface area contributed by atoms with E-state index >= 15 is 0 Å². The molecule has 7 nitrogen and oxygen atoms in total. The lowest BCUT2D eigenvalue weighted by Crippen LogP contribution is -2.22. The number of hydrogen-bond acceptors (Lipinski definition) is 7. The zero-order valence-corrected chi connectivity index (χ0v) is 17.8. The van der Waals surface area contributed by atoms with Crippen molar-refractivity contribution in [3.05, 3.63) is 89.5 Å². The number of hydrogen-bond donors (Lipinski definition) is 1. The fourth-order valence-electron chi connectivity index (χ4n) is 3.05. The van der Waals surface area contributed by atoms with Crippen molar-refractivity contribution in [2.24, 2.45) is 0 Å². The van der Waals surface area contributed by atoms with Gasteiger partial charge in [0.05, 0.1) is 22.9 Å². The molecule has 0 aliphatic heterocycles. The molecule has 3 aromatic carbocycles. The number of carbonyl (C=O) groups excluding carboxylic acids is 3. The van der Waals surface area contributed by atoms with Crippen molar-refractivity contribution >= 4 is 44.3 Å². The molecular formula is C24H18N2O5S. The molecule has 4 rings (SSSR count). The third-order valence-corrected chi connectivity index (χ3v) is 5.54. The summed E-state index contributed by atoms with van der Waals surface area (Å²) < 4.78 is 11.2. The number of fused-ring (bicyclic) bond motifs is 1. The smallest absolute Gasteiger partial charge is 0.339 e. The van der Waals surface area contributed by atoms with E-state index in [0.717, 1.165) is 10.2 Å². The number of ketones is 1. The van der Waals surface area contributed by atoms with Gasteiger partial charge >= 0.3 is 5.97 Å². The Morgan fingerprint density at radius 1 is 0.938 bits per heavy atom. The maximum atomic E-state index is 12.8. The summed E-state index contributed by atoms with van der Waals surface area (Å²) in [5.74, 6) is -0.894. The number of anilines is 1. The van der Waals surface area contributed by atoms with Crippen LogP contribution in [-0.4, -0.2) is 36.4 Å². The molecule has 1 aromatic heterocycles. The number of ether oxygens (including phenoxy) is 2. The van der Waals surface area contributed by atoms with Crippen LogP contribution in [0.2, 0.25) is 0 Å². The minimum Gasteiger partial charge on any atom is -0.497 e. The molecule has 8 heteroatoms. The Hall–Kier alpha value is -4.04. The monoisotopic (exact) mass is 446 g/mol. The van der Waals surface area contributed by atoms with E-state index in [0.29, 0.717) is 16.4 Å². The Morgan fingerprint density at radius 2 is 1.66 bits per heavy atom. The van der Waals surface area contributed by atoms with Crippen molar-refractivity contribution < 1.29 is 23.9 Å². The topological polar surface area (TPSA) is 94.6 Å². The highest BCUT2D eigenvalue weighted by atomic mass is 32.1. The highest BCUT2D eigenvalue weighted by molar-refractivity contribution is 7.22. The minimum absolute atomic E-state index is 0.0984. The van der Waals surface area contributed by atoms with Gasteiger partial charge in [0, 0.05) is 11.1 Å². The van der Waals surface area contributed by atoms with Crippen molar-refractivity contribution in [3.63, 3.8) is 0 Å². The first-order chi connectivity index (χ1) is 15.5. The maximum Gasteiger partial charge on any atom is 0.339 e. The molecule has 0 aliphatic rings. The SMILES string of the molecule is COc1ccc2nc(NC(=O)COC(=O)c3ccccc3C(=O)c3ccccc3)sc2c1. The van der Waals surface area contributed by atoms with Crippen LogP contribution >= 0.6 is 11.3 Å². The number of amides is 1. The van der Waals surface area contributed by atoms with Gasteiger partial charge in [-0.2, -0.15) is 0 Å². The second-order valence-electron chi connectivity index (χ2n) is 6.72. The maximum absolute atomic E-state index is 12.8. The molecule has 0 unspecified atom stereocenters. The molecular weight excluding hydrogens is 428 g/mol. The third kappa shape index (κ3) is 4.65. The Bertz CT molecular complexity index is 1300. The van der Waals surface area contributed by atoms with Gasteiger partial charge in [0.2, 0.25) is 0 Å². The highest BCUT2D eigenvalue weighted by Gasteiger charge is 2.20. The van der Waals surface area contributed by atoms with Gasteiger partial charge in [-0.05, 0) is 24.3 Å². The predicted octanol–water partition coefficient (Wildman–Crippen LogP) is 4.33. The van der Waals surface area contributed by atoms with Gasteiger partial charge < -0.3 is 9.47 Å². The Kier molecular flexibility index (Phi) is 6.23. The molecule has 1 amide bonds. The fourth-order valence-corrected chi connectivity index (χ4v) is 3.96. The van der Waals surface area contributed by atoms with Crippen LogP contribution in [0.5, 0.6) is 5.75 Å². The van der Waals surface area contributed by atoms with E-state index in [1.165, 1.54) is 17.4 Å². The summed E-state index contributed by atoms with van der Waals surface area (Å²) in [5, 5.41) is 3.01. The first kappa shape index (κ1) is 21.2. The van der Waals surface area contributed by atoms with Crippen LogP contribution in [0.1, 0.15) is 26.3 Å². The Labute approximate surface area is 187 Å². The first-order valence-electron chi connectivity index (χ1n) is 9.65. The molecule has 0 saturated carbocycles. The van der Waals surface area contributed by atoms with E-state index in [1.807, 2.05) is 6.07 Å². The standard InChI is InChI=1S/C24H18N2O5S/c1-30-16-11-12-19-20(13-16)32-24(25-19)26-21(27)14-31-23(29)18-10-6-5-9-17(18)22(28)15-7-3-2-4-8-15/h2-13H,14H2,1H3,(H,25,26,27). The summed E-state index contributed by atoms with van der Waals surface area (Å²) in [5.41, 5.74) is 1.49. The number of methoxy groups -OCH3 is 1.